The van der Waals surface area contributed by atoms with Crippen molar-refractivity contribution in [1.82, 2.24) is 5.32 Å². The Kier molecular flexibility index (Phi) is 6.55. The van der Waals surface area contributed by atoms with Crippen molar-refractivity contribution >= 4 is 17.7 Å². The highest BCUT2D eigenvalue weighted by atomic mass is 32.2. The molecular formula is C16H25NO3S. The van der Waals surface area contributed by atoms with E-state index in [-0.39, 0.29) is 11.3 Å². The van der Waals surface area contributed by atoms with Crippen LogP contribution in [0.5, 0.6) is 5.75 Å². The van der Waals surface area contributed by atoms with Crippen LogP contribution in [0.25, 0.3) is 0 Å². The Morgan fingerprint density at radius 3 is 2.33 bits per heavy atom. The smallest absolute Gasteiger partial charge is 0.323 e. The number of methoxy groups -OCH3 is 1. The van der Waals surface area contributed by atoms with E-state index in [2.05, 4.69) is 12.2 Å². The lowest BCUT2D eigenvalue weighted by atomic mass is 9.95. The van der Waals surface area contributed by atoms with Gasteiger partial charge in [0.15, 0.2) is 0 Å². The van der Waals surface area contributed by atoms with Crippen molar-refractivity contribution in [2.24, 2.45) is 0 Å². The number of thioether (sulfide) groups is 1. The van der Waals surface area contributed by atoms with Gasteiger partial charge >= 0.3 is 5.97 Å². The zero-order valence-electron chi connectivity index (χ0n) is 13.3. The number of aliphatic carboxylic acids is 1. The van der Waals surface area contributed by atoms with Crippen molar-refractivity contribution in [1.29, 1.82) is 0 Å². The SMILES string of the molecule is COc1ccc(SC(C)CC(C)(NC(C)C)C(=O)O)cc1. The lowest BCUT2D eigenvalue weighted by molar-refractivity contribution is -0.144. The molecule has 0 spiro atoms. The van der Waals surface area contributed by atoms with Crippen molar-refractivity contribution in [2.45, 2.75) is 55.8 Å². The molecule has 0 radical (unpaired) electrons. The van der Waals surface area contributed by atoms with Crippen LogP contribution in [0.2, 0.25) is 0 Å². The second-order valence-corrected chi connectivity index (χ2v) is 7.26. The van der Waals surface area contributed by atoms with Gasteiger partial charge in [-0.3, -0.25) is 10.1 Å². The molecule has 21 heavy (non-hydrogen) atoms. The molecule has 0 heterocycles. The normalized spacial score (nSPS) is 15.5. The molecule has 0 saturated carbocycles. The summed E-state index contributed by atoms with van der Waals surface area (Å²) in [6.45, 7) is 7.73. The predicted molar refractivity (Wildman–Crippen MR) is 87.2 cm³/mol. The van der Waals surface area contributed by atoms with E-state index in [4.69, 9.17) is 4.74 Å². The maximum atomic E-state index is 11.5. The highest BCUT2D eigenvalue weighted by Gasteiger charge is 2.35. The van der Waals surface area contributed by atoms with Gasteiger partial charge in [0.2, 0.25) is 0 Å². The minimum absolute atomic E-state index is 0.129. The van der Waals surface area contributed by atoms with Gasteiger partial charge < -0.3 is 9.84 Å². The van der Waals surface area contributed by atoms with Gasteiger partial charge in [-0.2, -0.15) is 0 Å². The molecule has 0 aliphatic rings. The van der Waals surface area contributed by atoms with Crippen LogP contribution in [0.1, 0.15) is 34.1 Å². The first-order valence-corrected chi connectivity index (χ1v) is 7.96. The van der Waals surface area contributed by atoms with Crippen molar-refractivity contribution in [3.05, 3.63) is 24.3 Å². The molecule has 0 saturated heterocycles. The van der Waals surface area contributed by atoms with Crippen LogP contribution >= 0.6 is 11.8 Å². The van der Waals surface area contributed by atoms with Crippen LogP contribution in [-0.2, 0) is 4.79 Å². The van der Waals surface area contributed by atoms with Gasteiger partial charge in [0, 0.05) is 16.2 Å². The topological polar surface area (TPSA) is 58.6 Å². The van der Waals surface area contributed by atoms with E-state index < -0.39 is 11.5 Å². The first-order valence-electron chi connectivity index (χ1n) is 7.08. The Bertz CT molecular complexity index is 461. The number of ether oxygens (including phenoxy) is 1. The van der Waals surface area contributed by atoms with Gasteiger partial charge in [-0.25, -0.2) is 0 Å². The highest BCUT2D eigenvalue weighted by molar-refractivity contribution is 7.99. The van der Waals surface area contributed by atoms with E-state index in [0.29, 0.717) is 6.42 Å². The fourth-order valence-electron chi connectivity index (χ4n) is 2.35. The molecule has 5 heteroatoms. The van der Waals surface area contributed by atoms with Crippen LogP contribution in [-0.4, -0.2) is 35.0 Å². The summed E-state index contributed by atoms with van der Waals surface area (Å²) < 4.78 is 5.13. The molecule has 0 aliphatic heterocycles. The third-order valence-corrected chi connectivity index (χ3v) is 4.29. The fourth-order valence-corrected chi connectivity index (χ4v) is 3.52. The molecule has 0 amide bonds. The van der Waals surface area contributed by atoms with E-state index in [1.165, 1.54) is 0 Å². The maximum Gasteiger partial charge on any atom is 0.323 e. The summed E-state index contributed by atoms with van der Waals surface area (Å²) in [5, 5.41) is 12.8. The Labute approximate surface area is 131 Å². The first-order chi connectivity index (χ1) is 9.76. The van der Waals surface area contributed by atoms with Gasteiger partial charge in [0.25, 0.3) is 0 Å². The van der Waals surface area contributed by atoms with Crippen molar-refractivity contribution in [2.75, 3.05) is 7.11 Å². The Balaban J connectivity index is 2.68. The number of rotatable bonds is 8. The first kappa shape index (κ1) is 17.9. The Morgan fingerprint density at radius 1 is 1.33 bits per heavy atom. The van der Waals surface area contributed by atoms with E-state index >= 15 is 0 Å². The third kappa shape index (κ3) is 5.59. The van der Waals surface area contributed by atoms with Gasteiger partial charge in [0.1, 0.15) is 11.3 Å². The number of carbonyl (C=O) groups is 1. The highest BCUT2D eigenvalue weighted by Crippen LogP contribution is 2.30. The van der Waals surface area contributed by atoms with E-state index in [9.17, 15) is 9.90 Å². The average molecular weight is 311 g/mol. The molecule has 118 valence electrons. The van der Waals surface area contributed by atoms with Crippen LogP contribution in [0, 0.1) is 0 Å². The fraction of sp³-hybridized carbons (Fsp3) is 0.562. The second kappa shape index (κ2) is 7.71. The maximum absolute atomic E-state index is 11.5. The summed E-state index contributed by atoms with van der Waals surface area (Å²) in [7, 11) is 1.64. The molecule has 2 atom stereocenters. The van der Waals surface area contributed by atoms with Crippen molar-refractivity contribution in [3.8, 4) is 5.75 Å². The molecule has 0 aromatic heterocycles. The Hall–Kier alpha value is -1.20. The number of hydrogen-bond donors (Lipinski definition) is 2. The van der Waals surface area contributed by atoms with Crippen LogP contribution in [0.4, 0.5) is 0 Å². The Morgan fingerprint density at radius 2 is 1.90 bits per heavy atom. The number of carboxylic acid groups (broad SMARTS) is 1. The van der Waals surface area contributed by atoms with Gasteiger partial charge in [-0.15, -0.1) is 11.8 Å². The van der Waals surface area contributed by atoms with Crippen molar-refractivity contribution in [3.63, 3.8) is 0 Å². The molecule has 0 bridgehead atoms. The summed E-state index contributed by atoms with van der Waals surface area (Å²) in [5.74, 6) is 0.0160. The molecule has 2 N–H and O–H groups in total. The molecule has 1 aromatic carbocycles. The third-order valence-electron chi connectivity index (χ3n) is 3.17. The number of carboxylic acids is 1. The average Bonchev–Trinajstić information content (AvgIpc) is 2.38. The molecular weight excluding hydrogens is 286 g/mol. The monoisotopic (exact) mass is 311 g/mol. The van der Waals surface area contributed by atoms with Crippen LogP contribution < -0.4 is 10.1 Å². The number of benzene rings is 1. The molecule has 2 unspecified atom stereocenters. The number of hydrogen-bond acceptors (Lipinski definition) is 4. The van der Waals surface area contributed by atoms with E-state index in [1.807, 2.05) is 38.1 Å². The standard InChI is InChI=1S/C16H25NO3S/c1-11(2)17-16(4,15(18)19)10-12(3)21-14-8-6-13(20-5)7-9-14/h6-9,11-12,17H,10H2,1-5H3,(H,18,19). The lowest BCUT2D eigenvalue weighted by Gasteiger charge is -2.31. The molecule has 1 aromatic rings. The zero-order valence-corrected chi connectivity index (χ0v) is 14.2. The predicted octanol–water partition coefficient (Wildman–Crippen LogP) is 3.41. The summed E-state index contributed by atoms with van der Waals surface area (Å²) in [6.07, 6.45) is 0.553. The van der Waals surface area contributed by atoms with Gasteiger partial charge in [0.05, 0.1) is 7.11 Å². The van der Waals surface area contributed by atoms with Crippen molar-refractivity contribution < 1.29 is 14.6 Å². The summed E-state index contributed by atoms with van der Waals surface area (Å²) in [6, 6.07) is 7.95. The molecule has 1 rings (SSSR count). The van der Waals surface area contributed by atoms with E-state index in [1.54, 1.807) is 25.8 Å². The second-order valence-electron chi connectivity index (χ2n) is 5.74. The van der Waals surface area contributed by atoms with Crippen LogP contribution in [0.15, 0.2) is 29.2 Å². The zero-order chi connectivity index (χ0) is 16.0. The summed E-state index contributed by atoms with van der Waals surface area (Å²) in [5.41, 5.74) is -0.910. The van der Waals surface area contributed by atoms with Gasteiger partial charge in [-0.1, -0.05) is 6.92 Å². The minimum atomic E-state index is -0.910. The molecule has 0 aliphatic carbocycles. The van der Waals surface area contributed by atoms with Crippen LogP contribution in [0.3, 0.4) is 0 Å². The molecule has 4 nitrogen and oxygen atoms in total. The summed E-state index contributed by atoms with van der Waals surface area (Å²) >= 11 is 1.68. The number of nitrogens with one attached hydrogen (secondary N) is 1. The van der Waals surface area contributed by atoms with Gasteiger partial charge in [-0.05, 0) is 51.5 Å². The quantitative estimate of drug-likeness (QED) is 0.721. The molecule has 0 fully saturated rings. The minimum Gasteiger partial charge on any atom is -0.497 e. The lowest BCUT2D eigenvalue weighted by Crippen LogP contribution is -2.53. The van der Waals surface area contributed by atoms with E-state index in [0.717, 1.165) is 10.6 Å². The summed E-state index contributed by atoms with van der Waals surface area (Å²) in [4.78, 5) is 12.7. The largest absolute Gasteiger partial charge is 0.497 e.